The molecule has 2 aliphatic rings. The van der Waals surface area contributed by atoms with E-state index in [0.717, 1.165) is 66.0 Å². The largest absolute Gasteiger partial charge is 0.382 e. The standard InChI is InChI=1S/C33H31N7O2/c1-21-9-15-35-24(18-21)19-26(41)22-5-7-23(8-6-22)27-28-29(34)37-16-17-40(28)31(38-27)32-10-12-33(20-32,13-11-32)39-30(42)25-4-2-3-14-36-25/h2-9,14-18H,10-13,19-20H2,1H3,(H2,34,37)(H,39,42). The van der Waals surface area contributed by atoms with E-state index in [9.17, 15) is 9.59 Å². The molecular formula is C33H31N7O2. The molecule has 2 fully saturated rings. The number of nitrogen functional groups attached to an aromatic ring is 1. The predicted octanol–water partition coefficient (Wildman–Crippen LogP) is 4.89. The Labute approximate surface area is 243 Å². The van der Waals surface area contributed by atoms with Gasteiger partial charge in [-0.1, -0.05) is 30.3 Å². The van der Waals surface area contributed by atoms with Gasteiger partial charge in [-0.3, -0.25) is 24.0 Å². The fraction of sp³-hybridized carbons (Fsp3) is 0.273. The number of nitrogens with zero attached hydrogens (tertiary/aromatic N) is 5. The number of anilines is 1. The Kier molecular flexibility index (Phi) is 6.11. The number of carbonyl (C=O) groups excluding carboxylic acids is 2. The van der Waals surface area contributed by atoms with Crippen LogP contribution < -0.4 is 11.1 Å². The number of imidazole rings is 1. The van der Waals surface area contributed by atoms with E-state index in [1.54, 1.807) is 30.7 Å². The zero-order valence-electron chi connectivity index (χ0n) is 23.4. The number of benzene rings is 1. The lowest BCUT2D eigenvalue weighted by Crippen LogP contribution is -2.45. The SMILES string of the molecule is Cc1ccnc(CC(=O)c2ccc(-c3nc(C45CCC(NC(=O)c6ccccn6)(CC4)C5)n4ccnc(N)c34)cc2)c1. The number of amides is 1. The molecule has 42 heavy (non-hydrogen) atoms. The van der Waals surface area contributed by atoms with Gasteiger partial charge < -0.3 is 11.1 Å². The summed E-state index contributed by atoms with van der Waals surface area (Å²) in [4.78, 5) is 44.1. The summed E-state index contributed by atoms with van der Waals surface area (Å²) < 4.78 is 2.07. The van der Waals surface area contributed by atoms with Crippen LogP contribution in [-0.4, -0.2) is 41.6 Å². The normalized spacial score (nSPS) is 21.1. The number of fused-ring (bicyclic) bond motifs is 3. The van der Waals surface area contributed by atoms with Crippen LogP contribution in [0.25, 0.3) is 16.8 Å². The lowest BCUT2D eigenvalue weighted by Gasteiger charge is -2.28. The number of nitrogens with one attached hydrogen (secondary N) is 1. The molecule has 7 rings (SSSR count). The highest BCUT2D eigenvalue weighted by molar-refractivity contribution is 5.98. The van der Waals surface area contributed by atoms with E-state index in [1.165, 1.54) is 0 Å². The lowest BCUT2D eigenvalue weighted by atomic mass is 9.83. The van der Waals surface area contributed by atoms with Gasteiger partial charge in [0, 0.05) is 52.6 Å². The highest BCUT2D eigenvalue weighted by Crippen LogP contribution is 2.57. The number of ketones is 1. The van der Waals surface area contributed by atoms with Crippen molar-refractivity contribution >= 4 is 23.0 Å². The molecule has 5 aromatic rings. The Bertz CT molecular complexity index is 1820. The lowest BCUT2D eigenvalue weighted by molar-refractivity contribution is 0.0895. The van der Waals surface area contributed by atoms with Crippen LogP contribution in [0.5, 0.6) is 0 Å². The second kappa shape index (κ2) is 9.87. The number of Topliss-reactive ketones (excluding diaryl/α,β-unsaturated/α-hetero) is 1. The van der Waals surface area contributed by atoms with Gasteiger partial charge in [0.2, 0.25) is 0 Å². The van der Waals surface area contributed by atoms with Gasteiger partial charge in [-0.25, -0.2) is 9.97 Å². The number of nitrogens with two attached hydrogens (primary N) is 1. The fourth-order valence-corrected chi connectivity index (χ4v) is 6.90. The molecule has 2 saturated carbocycles. The maximum atomic E-state index is 13.0. The van der Waals surface area contributed by atoms with E-state index >= 15 is 0 Å². The molecule has 1 aromatic carbocycles. The minimum absolute atomic E-state index is 0.0103. The summed E-state index contributed by atoms with van der Waals surface area (Å²) in [6.45, 7) is 1.99. The van der Waals surface area contributed by atoms with Crippen molar-refractivity contribution in [1.29, 1.82) is 0 Å². The van der Waals surface area contributed by atoms with E-state index in [2.05, 4.69) is 24.7 Å². The number of aromatic nitrogens is 5. The van der Waals surface area contributed by atoms with Gasteiger partial charge in [-0.15, -0.1) is 0 Å². The van der Waals surface area contributed by atoms with E-state index < -0.39 is 0 Å². The molecule has 210 valence electrons. The maximum Gasteiger partial charge on any atom is 0.270 e. The molecule has 2 aliphatic carbocycles. The maximum absolute atomic E-state index is 13.0. The summed E-state index contributed by atoms with van der Waals surface area (Å²) in [6.07, 6.45) is 11.6. The van der Waals surface area contributed by atoms with E-state index in [1.807, 2.05) is 55.6 Å². The van der Waals surface area contributed by atoms with Crippen LogP contribution >= 0.6 is 0 Å². The number of carbonyl (C=O) groups is 2. The monoisotopic (exact) mass is 557 g/mol. The Hall–Kier alpha value is -4.92. The molecule has 0 saturated heterocycles. The highest BCUT2D eigenvalue weighted by Gasteiger charge is 2.57. The molecule has 2 bridgehead atoms. The van der Waals surface area contributed by atoms with Crippen molar-refractivity contribution in [2.75, 3.05) is 5.73 Å². The molecule has 4 aromatic heterocycles. The Morgan fingerprint density at radius 1 is 0.952 bits per heavy atom. The number of rotatable bonds is 7. The molecule has 0 aliphatic heterocycles. The van der Waals surface area contributed by atoms with Gasteiger partial charge >= 0.3 is 0 Å². The smallest absolute Gasteiger partial charge is 0.270 e. The van der Waals surface area contributed by atoms with Crippen molar-refractivity contribution in [1.82, 2.24) is 29.7 Å². The van der Waals surface area contributed by atoms with Crippen molar-refractivity contribution in [2.45, 2.75) is 56.4 Å². The second-order valence-electron chi connectivity index (χ2n) is 11.7. The van der Waals surface area contributed by atoms with Gasteiger partial charge in [0.05, 0.1) is 6.42 Å². The summed E-state index contributed by atoms with van der Waals surface area (Å²) in [5, 5.41) is 3.32. The predicted molar refractivity (Wildman–Crippen MR) is 159 cm³/mol. The quantitative estimate of drug-likeness (QED) is 0.273. The molecule has 1 amide bonds. The fourth-order valence-electron chi connectivity index (χ4n) is 6.90. The molecular weight excluding hydrogens is 526 g/mol. The minimum atomic E-state index is -0.284. The van der Waals surface area contributed by atoms with Crippen LogP contribution in [0, 0.1) is 6.92 Å². The third-order valence-corrected chi connectivity index (χ3v) is 8.97. The Balaban J connectivity index is 1.19. The average molecular weight is 558 g/mol. The van der Waals surface area contributed by atoms with Crippen LogP contribution in [0.4, 0.5) is 5.82 Å². The van der Waals surface area contributed by atoms with Crippen LogP contribution in [0.3, 0.4) is 0 Å². The molecule has 0 spiro atoms. The van der Waals surface area contributed by atoms with Gasteiger partial charge in [0.25, 0.3) is 5.91 Å². The summed E-state index contributed by atoms with van der Waals surface area (Å²) >= 11 is 0. The number of hydrogen-bond donors (Lipinski definition) is 2. The Morgan fingerprint density at radius 2 is 1.76 bits per heavy atom. The van der Waals surface area contributed by atoms with E-state index in [0.29, 0.717) is 17.1 Å². The minimum Gasteiger partial charge on any atom is -0.382 e. The molecule has 4 heterocycles. The van der Waals surface area contributed by atoms with Crippen molar-refractivity contribution in [3.05, 3.63) is 108 Å². The number of pyridine rings is 2. The number of hydrogen-bond acceptors (Lipinski definition) is 7. The molecule has 0 radical (unpaired) electrons. The summed E-state index contributed by atoms with van der Waals surface area (Å²) in [6, 6.07) is 16.8. The first-order valence-electron chi connectivity index (χ1n) is 14.3. The van der Waals surface area contributed by atoms with Crippen LogP contribution in [0.15, 0.2) is 79.4 Å². The zero-order valence-corrected chi connectivity index (χ0v) is 23.4. The third kappa shape index (κ3) is 4.41. The number of aryl methyl sites for hydroxylation is 1. The molecule has 9 heteroatoms. The summed E-state index contributed by atoms with van der Waals surface area (Å²) in [5.74, 6) is 1.22. The van der Waals surface area contributed by atoms with E-state index in [-0.39, 0.29) is 29.1 Å². The molecule has 0 atom stereocenters. The second-order valence-corrected chi connectivity index (χ2v) is 11.7. The first kappa shape index (κ1) is 26.0. The van der Waals surface area contributed by atoms with E-state index in [4.69, 9.17) is 10.7 Å². The van der Waals surface area contributed by atoms with Gasteiger partial charge in [0.15, 0.2) is 5.78 Å². The van der Waals surface area contributed by atoms with Crippen molar-refractivity contribution in [2.24, 2.45) is 0 Å². The Morgan fingerprint density at radius 3 is 2.50 bits per heavy atom. The summed E-state index contributed by atoms with van der Waals surface area (Å²) in [5.41, 5.74) is 11.2. The van der Waals surface area contributed by atoms with Crippen molar-refractivity contribution in [3.8, 4) is 11.3 Å². The molecule has 3 N–H and O–H groups in total. The first-order chi connectivity index (χ1) is 20.3. The van der Waals surface area contributed by atoms with Crippen LogP contribution in [0.2, 0.25) is 0 Å². The van der Waals surface area contributed by atoms with Crippen molar-refractivity contribution in [3.63, 3.8) is 0 Å². The molecule has 0 unspecified atom stereocenters. The van der Waals surface area contributed by atoms with Gasteiger partial charge in [-0.05, 0) is 68.9 Å². The third-order valence-electron chi connectivity index (χ3n) is 8.97. The topological polar surface area (TPSA) is 128 Å². The van der Waals surface area contributed by atoms with Crippen LogP contribution in [0.1, 0.15) is 70.0 Å². The van der Waals surface area contributed by atoms with Crippen molar-refractivity contribution < 1.29 is 9.59 Å². The van der Waals surface area contributed by atoms with Gasteiger partial charge in [0.1, 0.15) is 28.5 Å². The zero-order chi connectivity index (χ0) is 28.9. The first-order valence-corrected chi connectivity index (χ1v) is 14.3. The summed E-state index contributed by atoms with van der Waals surface area (Å²) in [7, 11) is 0. The average Bonchev–Trinajstić information content (AvgIpc) is 3.69. The highest BCUT2D eigenvalue weighted by atomic mass is 16.2. The van der Waals surface area contributed by atoms with Crippen LogP contribution in [-0.2, 0) is 11.8 Å². The van der Waals surface area contributed by atoms with Gasteiger partial charge in [-0.2, -0.15) is 0 Å². The molecule has 9 nitrogen and oxygen atoms in total.